The minimum absolute atomic E-state index is 0.0170. The molecule has 13 heteroatoms. The number of nitrogens with zero attached hydrogens (tertiary/aromatic N) is 2. The first-order valence-corrected chi connectivity index (χ1v) is 10.9. The molecule has 3 atom stereocenters. The van der Waals surface area contributed by atoms with Crippen LogP contribution in [0.15, 0.2) is 34.3 Å². The van der Waals surface area contributed by atoms with Gasteiger partial charge in [0.05, 0.1) is 6.04 Å². The molecule has 5 N–H and O–H groups in total. The quantitative estimate of drug-likeness (QED) is 0.247. The Kier molecular flexibility index (Phi) is 9.68. The molecule has 1 aromatic carbocycles. The van der Waals surface area contributed by atoms with Crippen LogP contribution in [-0.4, -0.2) is 66.8 Å². The van der Waals surface area contributed by atoms with Crippen molar-refractivity contribution in [3.63, 3.8) is 0 Å². The largest absolute Gasteiger partial charge is 0.480 e. The van der Waals surface area contributed by atoms with Gasteiger partial charge < -0.3 is 21.5 Å². The van der Waals surface area contributed by atoms with Crippen molar-refractivity contribution in [1.82, 2.24) is 14.9 Å². The monoisotopic (exact) mass is 457 g/mol. The Hall–Kier alpha value is -2.90. The van der Waals surface area contributed by atoms with Crippen molar-refractivity contribution in [3.05, 3.63) is 29.2 Å². The number of carboxylic acids is 1. The Morgan fingerprint density at radius 1 is 1.16 bits per heavy atom. The summed E-state index contributed by atoms with van der Waals surface area (Å²) in [6, 6.07) is 2.13. The van der Waals surface area contributed by atoms with Crippen LogP contribution in [-0.2, 0) is 24.4 Å². The fourth-order valence-corrected chi connectivity index (χ4v) is 4.28. The Labute approximate surface area is 180 Å². The number of rotatable bonds is 12. The maximum Gasteiger partial charge on any atom is 0.321 e. The third kappa shape index (κ3) is 7.08. The first-order valence-electron chi connectivity index (χ1n) is 9.44. The van der Waals surface area contributed by atoms with E-state index in [2.05, 4.69) is 15.8 Å². The standard InChI is InChI=1S/C18H27N5O7S/c1-11(19)16(24)21-12(2)17(25)20-9-6-10-23(13(3)18(26)27)31(29,30)15-8-5-4-7-14(15)22-28/h4-5,7-8,11-13H,6,9-10,19H2,1-3H3,(H,20,25)(H,21,24)(H,26,27)/t11-,12-,13+/m1/s1. The summed E-state index contributed by atoms with van der Waals surface area (Å²) in [5, 5.41) is 17.0. The second-order valence-electron chi connectivity index (χ2n) is 6.85. The molecule has 2 amide bonds. The topological polar surface area (TPSA) is 188 Å². The highest BCUT2D eigenvalue weighted by Gasteiger charge is 2.34. The summed E-state index contributed by atoms with van der Waals surface area (Å²) >= 11 is 0. The van der Waals surface area contributed by atoms with Crippen molar-refractivity contribution in [2.24, 2.45) is 10.9 Å². The van der Waals surface area contributed by atoms with Gasteiger partial charge in [0.1, 0.15) is 22.7 Å². The lowest BCUT2D eigenvalue weighted by Crippen LogP contribution is -2.50. The molecule has 0 saturated heterocycles. The van der Waals surface area contributed by atoms with Gasteiger partial charge in [-0.25, -0.2) is 8.42 Å². The molecule has 12 nitrogen and oxygen atoms in total. The second-order valence-corrected chi connectivity index (χ2v) is 8.71. The van der Waals surface area contributed by atoms with Crippen LogP contribution in [0, 0.1) is 4.91 Å². The van der Waals surface area contributed by atoms with Crippen molar-refractivity contribution in [3.8, 4) is 0 Å². The lowest BCUT2D eigenvalue weighted by Gasteiger charge is -2.26. The van der Waals surface area contributed by atoms with Crippen LogP contribution >= 0.6 is 0 Å². The zero-order valence-corrected chi connectivity index (χ0v) is 18.3. The normalized spacial score (nSPS) is 14.4. The van der Waals surface area contributed by atoms with E-state index in [0.29, 0.717) is 0 Å². The molecule has 1 aromatic rings. The minimum atomic E-state index is -4.36. The van der Waals surface area contributed by atoms with E-state index in [1.807, 2.05) is 0 Å². The first-order chi connectivity index (χ1) is 14.4. The van der Waals surface area contributed by atoms with Crippen LogP contribution in [0.25, 0.3) is 0 Å². The van der Waals surface area contributed by atoms with Gasteiger partial charge in [-0.15, -0.1) is 4.91 Å². The lowest BCUT2D eigenvalue weighted by atomic mass is 10.2. The number of amides is 2. The minimum Gasteiger partial charge on any atom is -0.480 e. The van der Waals surface area contributed by atoms with Crippen LogP contribution < -0.4 is 16.4 Å². The number of sulfonamides is 1. The summed E-state index contributed by atoms with van der Waals surface area (Å²) < 4.78 is 26.7. The molecule has 0 aliphatic carbocycles. The Morgan fingerprint density at radius 3 is 2.32 bits per heavy atom. The van der Waals surface area contributed by atoms with E-state index in [9.17, 15) is 32.8 Å². The van der Waals surface area contributed by atoms with E-state index in [1.165, 1.54) is 39.0 Å². The van der Waals surface area contributed by atoms with Crippen molar-refractivity contribution < 1.29 is 27.9 Å². The molecule has 0 bridgehead atoms. The van der Waals surface area contributed by atoms with Crippen molar-refractivity contribution in [1.29, 1.82) is 0 Å². The Balaban J connectivity index is 2.87. The van der Waals surface area contributed by atoms with Gasteiger partial charge in [-0.2, -0.15) is 4.31 Å². The lowest BCUT2D eigenvalue weighted by molar-refractivity contribution is -0.141. The highest BCUT2D eigenvalue weighted by Crippen LogP contribution is 2.28. The number of carbonyl (C=O) groups is 3. The molecule has 0 unspecified atom stereocenters. The summed E-state index contributed by atoms with van der Waals surface area (Å²) in [4.78, 5) is 45.6. The van der Waals surface area contributed by atoms with Gasteiger partial charge in [0.2, 0.25) is 21.8 Å². The molecule has 0 spiro atoms. The van der Waals surface area contributed by atoms with Crippen molar-refractivity contribution >= 4 is 33.5 Å². The van der Waals surface area contributed by atoms with Gasteiger partial charge in [-0.3, -0.25) is 14.4 Å². The fraction of sp³-hybridized carbons (Fsp3) is 0.500. The maximum atomic E-state index is 13.0. The first kappa shape index (κ1) is 26.1. The van der Waals surface area contributed by atoms with Crippen molar-refractivity contribution in [2.75, 3.05) is 13.1 Å². The van der Waals surface area contributed by atoms with E-state index in [4.69, 9.17) is 5.73 Å². The summed E-state index contributed by atoms with van der Waals surface area (Å²) in [5.74, 6) is -2.39. The van der Waals surface area contributed by atoms with E-state index < -0.39 is 50.8 Å². The van der Waals surface area contributed by atoms with Gasteiger partial charge >= 0.3 is 5.97 Å². The molecular weight excluding hydrogens is 430 g/mol. The number of nitrogens with two attached hydrogens (primary N) is 1. The van der Waals surface area contributed by atoms with E-state index >= 15 is 0 Å². The molecule has 0 aliphatic heterocycles. The van der Waals surface area contributed by atoms with E-state index in [1.54, 1.807) is 0 Å². The summed E-state index contributed by atoms with van der Waals surface area (Å²) in [5.41, 5.74) is 5.09. The Bertz CT molecular complexity index is 920. The fourth-order valence-electron chi connectivity index (χ4n) is 2.53. The molecule has 31 heavy (non-hydrogen) atoms. The van der Waals surface area contributed by atoms with Crippen LogP contribution in [0.4, 0.5) is 5.69 Å². The Morgan fingerprint density at radius 2 is 1.77 bits per heavy atom. The highest BCUT2D eigenvalue weighted by molar-refractivity contribution is 7.89. The molecule has 172 valence electrons. The van der Waals surface area contributed by atoms with Crippen LogP contribution in [0.2, 0.25) is 0 Å². The van der Waals surface area contributed by atoms with Crippen LogP contribution in [0.3, 0.4) is 0 Å². The van der Waals surface area contributed by atoms with Crippen LogP contribution in [0.5, 0.6) is 0 Å². The molecule has 0 radical (unpaired) electrons. The number of benzene rings is 1. The van der Waals surface area contributed by atoms with E-state index in [-0.39, 0.29) is 25.2 Å². The number of nitrogens with one attached hydrogen (secondary N) is 2. The van der Waals surface area contributed by atoms with Gasteiger partial charge in [0, 0.05) is 13.1 Å². The third-order valence-corrected chi connectivity index (χ3v) is 6.38. The SMILES string of the molecule is C[C@@H](N)C(=O)N[C@H](C)C(=O)NCCCN([C@@H](C)C(=O)O)S(=O)(=O)c1ccccc1N=O. The third-order valence-electron chi connectivity index (χ3n) is 4.36. The molecule has 0 aliphatic rings. The van der Waals surface area contributed by atoms with Crippen molar-refractivity contribution in [2.45, 2.75) is 50.2 Å². The summed E-state index contributed by atoms with van der Waals surface area (Å²) in [6.45, 7) is 3.90. The number of hydrogen-bond donors (Lipinski definition) is 4. The summed E-state index contributed by atoms with van der Waals surface area (Å²) in [7, 11) is -4.36. The summed E-state index contributed by atoms with van der Waals surface area (Å²) in [6.07, 6.45) is 0.0766. The molecule has 1 rings (SSSR count). The van der Waals surface area contributed by atoms with Crippen LogP contribution in [0.1, 0.15) is 27.2 Å². The number of carboxylic acid groups (broad SMARTS) is 1. The zero-order chi connectivity index (χ0) is 23.8. The number of carbonyl (C=O) groups excluding carboxylic acids is 2. The van der Waals surface area contributed by atoms with Gasteiger partial charge in [0.15, 0.2) is 0 Å². The van der Waals surface area contributed by atoms with Gasteiger partial charge in [-0.1, -0.05) is 12.1 Å². The molecule has 0 fully saturated rings. The predicted octanol–water partition coefficient (Wildman–Crippen LogP) is -0.0935. The van der Waals surface area contributed by atoms with Gasteiger partial charge in [-0.05, 0) is 44.5 Å². The smallest absolute Gasteiger partial charge is 0.321 e. The van der Waals surface area contributed by atoms with E-state index in [0.717, 1.165) is 10.4 Å². The molecule has 0 aromatic heterocycles. The van der Waals surface area contributed by atoms with Gasteiger partial charge in [0.25, 0.3) is 0 Å². The average molecular weight is 458 g/mol. The number of nitroso groups, excluding NO2 is 1. The average Bonchev–Trinajstić information content (AvgIpc) is 2.72. The number of hydrogen-bond acceptors (Lipinski definition) is 8. The highest BCUT2D eigenvalue weighted by atomic mass is 32.2. The molecule has 0 heterocycles. The number of aliphatic carboxylic acids is 1. The molecule has 0 saturated carbocycles. The zero-order valence-electron chi connectivity index (χ0n) is 17.4. The predicted molar refractivity (Wildman–Crippen MR) is 112 cm³/mol. The molecular formula is C18H27N5O7S. The maximum absolute atomic E-state index is 13.0. The second kappa shape index (κ2) is 11.5.